The van der Waals surface area contributed by atoms with Gasteiger partial charge in [-0.2, -0.15) is 0 Å². The van der Waals surface area contributed by atoms with Gasteiger partial charge >= 0.3 is 0 Å². The van der Waals surface area contributed by atoms with Crippen LogP contribution in [0.2, 0.25) is 0 Å². The summed E-state index contributed by atoms with van der Waals surface area (Å²) in [4.78, 5) is 47.0. The first-order valence-corrected chi connectivity index (χ1v) is 12.6. The van der Waals surface area contributed by atoms with Gasteiger partial charge in [-0.1, -0.05) is 45.1 Å². The summed E-state index contributed by atoms with van der Waals surface area (Å²) in [5.74, 6) is -1.95. The van der Waals surface area contributed by atoms with Gasteiger partial charge in [-0.25, -0.2) is 0 Å². The molecule has 0 aromatic carbocycles. The molecule has 0 aromatic rings. The van der Waals surface area contributed by atoms with Crippen molar-refractivity contribution in [3.63, 3.8) is 0 Å². The van der Waals surface area contributed by atoms with Gasteiger partial charge in [0.1, 0.15) is 11.6 Å². The number of likely N-dealkylation sites (tertiary alicyclic amines) is 1. The third-order valence-electron chi connectivity index (χ3n) is 8.08. The Labute approximate surface area is 202 Å². The molecule has 0 radical (unpaired) electrons. The van der Waals surface area contributed by atoms with Crippen molar-refractivity contribution in [2.24, 2.45) is 17.8 Å². The molecule has 2 fully saturated rings. The SMILES string of the molecule is CC[C@@]12C=CCN(C)C(=O)[C@@H]1[C@H]1C(=O)N([C@@H](CO)CC(C)C)C3C(=O)N(C(C)C)CC=C[C@@]31O2. The van der Waals surface area contributed by atoms with E-state index < -0.39 is 35.1 Å². The Morgan fingerprint density at radius 3 is 2.29 bits per heavy atom. The topological polar surface area (TPSA) is 90.4 Å². The molecule has 0 bridgehead atoms. The second-order valence-electron chi connectivity index (χ2n) is 10.9. The Bertz CT molecular complexity index is 914. The molecule has 1 unspecified atom stereocenters. The standard InChI is InChI=1S/C26H39N3O5/c1-7-25-10-8-12-27(6)22(31)19(25)20-23(32)29(18(15-30)14-16(2)3)21-24(33)28(17(4)5)13-9-11-26(20,21)34-25/h8-11,16-21,30H,7,12-15H2,1-6H3/t18-,19+,20+,21?,25-,26+/m1/s1. The van der Waals surface area contributed by atoms with E-state index in [4.69, 9.17) is 4.74 Å². The maximum absolute atomic E-state index is 14.3. The average Bonchev–Trinajstić information content (AvgIpc) is 3.08. The Morgan fingerprint density at radius 1 is 1.03 bits per heavy atom. The number of aliphatic hydroxyl groups is 1. The third kappa shape index (κ3) is 3.44. The number of aliphatic hydroxyl groups excluding tert-OH is 1. The Balaban J connectivity index is 1.93. The van der Waals surface area contributed by atoms with Crippen molar-refractivity contribution in [3.8, 4) is 0 Å². The fourth-order valence-corrected chi connectivity index (χ4v) is 6.52. The van der Waals surface area contributed by atoms with E-state index in [9.17, 15) is 19.5 Å². The molecule has 188 valence electrons. The molecule has 4 aliphatic heterocycles. The predicted octanol–water partition coefficient (Wildman–Crippen LogP) is 1.59. The lowest BCUT2D eigenvalue weighted by atomic mass is 9.73. The minimum absolute atomic E-state index is 0.0688. The van der Waals surface area contributed by atoms with Gasteiger partial charge in [-0.05, 0) is 32.6 Å². The van der Waals surface area contributed by atoms with E-state index in [2.05, 4.69) is 0 Å². The molecule has 1 spiro atoms. The first-order valence-electron chi connectivity index (χ1n) is 12.6. The van der Waals surface area contributed by atoms with Crippen molar-refractivity contribution in [2.75, 3.05) is 26.7 Å². The molecule has 8 nitrogen and oxygen atoms in total. The molecule has 0 aliphatic carbocycles. The van der Waals surface area contributed by atoms with E-state index in [0.29, 0.717) is 25.9 Å². The number of hydrogen-bond donors (Lipinski definition) is 1. The molecule has 0 saturated carbocycles. The van der Waals surface area contributed by atoms with Gasteiger partial charge in [0.05, 0.1) is 30.1 Å². The lowest BCUT2D eigenvalue weighted by Gasteiger charge is -2.41. The van der Waals surface area contributed by atoms with Crippen LogP contribution < -0.4 is 0 Å². The zero-order valence-electron chi connectivity index (χ0n) is 21.2. The van der Waals surface area contributed by atoms with Crippen molar-refractivity contribution >= 4 is 17.7 Å². The highest BCUT2D eigenvalue weighted by molar-refractivity contribution is 6.00. The predicted molar refractivity (Wildman–Crippen MR) is 128 cm³/mol. The quantitative estimate of drug-likeness (QED) is 0.592. The van der Waals surface area contributed by atoms with Gasteiger partial charge in [0, 0.05) is 26.2 Å². The van der Waals surface area contributed by atoms with Gasteiger partial charge in [0.25, 0.3) is 0 Å². The molecular formula is C26H39N3O5. The fraction of sp³-hybridized carbons (Fsp3) is 0.731. The number of ether oxygens (including phenoxy) is 1. The fourth-order valence-electron chi connectivity index (χ4n) is 6.52. The normalized spacial score (nSPS) is 36.2. The zero-order chi connectivity index (χ0) is 25.0. The Morgan fingerprint density at radius 2 is 1.71 bits per heavy atom. The molecule has 34 heavy (non-hydrogen) atoms. The minimum atomic E-state index is -1.26. The summed E-state index contributed by atoms with van der Waals surface area (Å²) < 4.78 is 6.88. The Kier molecular flexibility index (Phi) is 6.44. The van der Waals surface area contributed by atoms with Gasteiger partial charge in [-0.15, -0.1) is 0 Å². The van der Waals surface area contributed by atoms with E-state index in [-0.39, 0.29) is 36.3 Å². The number of likely N-dealkylation sites (N-methyl/N-ethyl adjacent to an activating group) is 1. The molecule has 3 amide bonds. The zero-order valence-corrected chi connectivity index (χ0v) is 21.2. The Hall–Kier alpha value is -2.19. The van der Waals surface area contributed by atoms with Crippen molar-refractivity contribution in [3.05, 3.63) is 24.3 Å². The van der Waals surface area contributed by atoms with Gasteiger partial charge in [0.2, 0.25) is 17.7 Å². The van der Waals surface area contributed by atoms with Crippen molar-refractivity contribution in [1.29, 1.82) is 0 Å². The van der Waals surface area contributed by atoms with Crippen LogP contribution in [0.25, 0.3) is 0 Å². The number of carbonyl (C=O) groups excluding carboxylic acids is 3. The average molecular weight is 474 g/mol. The molecule has 4 aliphatic rings. The van der Waals surface area contributed by atoms with Crippen LogP contribution in [-0.2, 0) is 19.1 Å². The second kappa shape index (κ2) is 8.79. The van der Waals surface area contributed by atoms with Crippen LogP contribution in [0.15, 0.2) is 24.3 Å². The van der Waals surface area contributed by atoms with Crippen LogP contribution in [0.5, 0.6) is 0 Å². The van der Waals surface area contributed by atoms with E-state index in [1.165, 1.54) is 0 Å². The monoisotopic (exact) mass is 473 g/mol. The summed E-state index contributed by atoms with van der Waals surface area (Å²) in [6.45, 7) is 10.5. The van der Waals surface area contributed by atoms with Crippen LogP contribution in [0.4, 0.5) is 0 Å². The molecule has 6 atom stereocenters. The van der Waals surface area contributed by atoms with E-state index in [1.54, 1.807) is 21.7 Å². The lowest BCUT2D eigenvalue weighted by molar-refractivity contribution is -0.158. The first kappa shape index (κ1) is 24.9. The van der Waals surface area contributed by atoms with E-state index in [1.807, 2.05) is 58.9 Å². The first-order chi connectivity index (χ1) is 16.0. The number of rotatable bonds is 6. The minimum Gasteiger partial charge on any atom is -0.394 e. The number of hydrogen-bond acceptors (Lipinski definition) is 5. The molecule has 2 saturated heterocycles. The maximum atomic E-state index is 14.3. The summed E-state index contributed by atoms with van der Waals surface area (Å²) in [6.07, 6.45) is 8.70. The van der Waals surface area contributed by atoms with Crippen LogP contribution >= 0.6 is 0 Å². The highest BCUT2D eigenvalue weighted by atomic mass is 16.5. The molecule has 4 heterocycles. The van der Waals surface area contributed by atoms with Crippen molar-refractivity contribution in [1.82, 2.24) is 14.7 Å². The van der Waals surface area contributed by atoms with E-state index >= 15 is 0 Å². The summed E-state index contributed by atoms with van der Waals surface area (Å²) in [7, 11) is 1.74. The van der Waals surface area contributed by atoms with Crippen molar-refractivity contribution in [2.45, 2.75) is 76.8 Å². The van der Waals surface area contributed by atoms with Crippen LogP contribution in [0.1, 0.15) is 47.5 Å². The highest BCUT2D eigenvalue weighted by Crippen LogP contribution is 2.59. The van der Waals surface area contributed by atoms with Crippen LogP contribution in [0, 0.1) is 17.8 Å². The van der Waals surface area contributed by atoms with E-state index in [0.717, 1.165) is 0 Å². The summed E-state index contributed by atoms with van der Waals surface area (Å²) in [6, 6.07) is -1.53. The molecule has 8 heteroatoms. The molecule has 1 N–H and O–H groups in total. The van der Waals surface area contributed by atoms with Crippen LogP contribution in [0.3, 0.4) is 0 Å². The third-order valence-corrected chi connectivity index (χ3v) is 8.08. The second-order valence-corrected chi connectivity index (χ2v) is 10.9. The smallest absolute Gasteiger partial charge is 0.249 e. The molecule has 4 rings (SSSR count). The summed E-state index contributed by atoms with van der Waals surface area (Å²) >= 11 is 0. The van der Waals surface area contributed by atoms with Crippen molar-refractivity contribution < 1.29 is 24.2 Å². The van der Waals surface area contributed by atoms with Crippen LogP contribution in [-0.4, -0.2) is 93.6 Å². The number of carbonyl (C=O) groups is 3. The summed E-state index contributed by atoms with van der Waals surface area (Å²) in [5.41, 5.74) is -2.22. The highest BCUT2D eigenvalue weighted by Gasteiger charge is 2.75. The number of nitrogens with zero attached hydrogens (tertiary/aromatic N) is 3. The molecule has 0 aromatic heterocycles. The van der Waals surface area contributed by atoms with Gasteiger partial charge < -0.3 is 24.5 Å². The largest absolute Gasteiger partial charge is 0.394 e. The lowest BCUT2D eigenvalue weighted by Crippen LogP contribution is -2.59. The van der Waals surface area contributed by atoms with Gasteiger partial charge in [0.15, 0.2) is 0 Å². The number of fused-ring (bicyclic) bond motifs is 2. The summed E-state index contributed by atoms with van der Waals surface area (Å²) in [5, 5.41) is 10.3. The number of amides is 3. The van der Waals surface area contributed by atoms with Gasteiger partial charge in [-0.3, -0.25) is 14.4 Å². The molecular weight excluding hydrogens is 434 g/mol. The maximum Gasteiger partial charge on any atom is 0.249 e.